The van der Waals surface area contributed by atoms with Crippen molar-refractivity contribution in [3.8, 4) is 5.75 Å². The van der Waals surface area contributed by atoms with E-state index in [-0.39, 0.29) is 18.1 Å². The van der Waals surface area contributed by atoms with Crippen LogP contribution >= 0.6 is 11.3 Å². The number of rotatable bonds is 4. The Bertz CT molecular complexity index is 435. The Kier molecular flexibility index (Phi) is 4.79. The van der Waals surface area contributed by atoms with Crippen LogP contribution in [0.3, 0.4) is 0 Å². The molecule has 2 N–H and O–H groups in total. The van der Waals surface area contributed by atoms with Crippen LogP contribution in [-0.4, -0.2) is 50.3 Å². The molecule has 5 nitrogen and oxygen atoms in total. The van der Waals surface area contributed by atoms with E-state index in [1.54, 1.807) is 20.3 Å². The highest BCUT2D eigenvalue weighted by Gasteiger charge is 2.31. The predicted molar refractivity (Wildman–Crippen MR) is 74.8 cm³/mol. The molecule has 2 heterocycles. The molecule has 1 fully saturated rings. The van der Waals surface area contributed by atoms with Gasteiger partial charge in [0.2, 0.25) is 0 Å². The monoisotopic (exact) mass is 284 g/mol. The van der Waals surface area contributed by atoms with Crippen LogP contribution in [0.5, 0.6) is 5.75 Å². The fraction of sp³-hybridized carbons (Fsp3) is 0.615. The van der Waals surface area contributed by atoms with E-state index in [0.717, 1.165) is 18.6 Å². The maximum Gasteiger partial charge on any atom is 0.264 e. The van der Waals surface area contributed by atoms with E-state index in [4.69, 9.17) is 15.2 Å². The van der Waals surface area contributed by atoms with E-state index >= 15 is 0 Å². The van der Waals surface area contributed by atoms with Gasteiger partial charge in [0.15, 0.2) is 0 Å². The molecule has 0 saturated carbocycles. The van der Waals surface area contributed by atoms with Crippen LogP contribution < -0.4 is 10.5 Å². The van der Waals surface area contributed by atoms with Crippen LogP contribution in [0.4, 0.5) is 0 Å². The second kappa shape index (κ2) is 6.36. The summed E-state index contributed by atoms with van der Waals surface area (Å²) in [7, 11) is 3.31. The Labute approximate surface area is 117 Å². The summed E-state index contributed by atoms with van der Waals surface area (Å²) in [4.78, 5) is 15.0. The van der Waals surface area contributed by atoms with E-state index in [1.165, 1.54) is 11.3 Å². The predicted octanol–water partition coefficient (Wildman–Crippen LogP) is 1.33. The lowest BCUT2D eigenvalue weighted by Gasteiger charge is -2.38. The minimum absolute atomic E-state index is 0.0401. The number of piperidine rings is 1. The zero-order valence-corrected chi connectivity index (χ0v) is 12.1. The summed E-state index contributed by atoms with van der Waals surface area (Å²) in [6, 6.07) is 1.84. The van der Waals surface area contributed by atoms with Crippen molar-refractivity contribution < 1.29 is 14.3 Å². The minimum atomic E-state index is 0.0401. The van der Waals surface area contributed by atoms with Crippen molar-refractivity contribution in [1.82, 2.24) is 4.90 Å². The Morgan fingerprint density at radius 1 is 1.58 bits per heavy atom. The van der Waals surface area contributed by atoms with Crippen molar-refractivity contribution in [2.24, 2.45) is 5.73 Å². The molecule has 1 aromatic rings. The fourth-order valence-electron chi connectivity index (χ4n) is 2.40. The number of amides is 1. The first-order valence-corrected chi connectivity index (χ1v) is 7.24. The normalized spacial score (nSPS) is 23.4. The van der Waals surface area contributed by atoms with Crippen LogP contribution in [-0.2, 0) is 4.74 Å². The highest BCUT2D eigenvalue weighted by Crippen LogP contribution is 2.26. The van der Waals surface area contributed by atoms with E-state index in [2.05, 4.69) is 0 Å². The van der Waals surface area contributed by atoms with Crippen LogP contribution in [0.2, 0.25) is 0 Å². The van der Waals surface area contributed by atoms with Gasteiger partial charge in [-0.2, -0.15) is 0 Å². The van der Waals surface area contributed by atoms with Gasteiger partial charge in [-0.15, -0.1) is 11.3 Å². The number of nitrogens with zero attached hydrogens (tertiary/aromatic N) is 1. The van der Waals surface area contributed by atoms with Crippen molar-refractivity contribution in [2.45, 2.75) is 25.0 Å². The Balaban J connectivity index is 2.09. The lowest BCUT2D eigenvalue weighted by atomic mass is 9.99. The SMILES string of the molecule is COc1csc(C(=O)N2CCC(OC)CC2CN)c1. The van der Waals surface area contributed by atoms with Gasteiger partial charge < -0.3 is 20.1 Å². The smallest absolute Gasteiger partial charge is 0.264 e. The summed E-state index contributed by atoms with van der Waals surface area (Å²) >= 11 is 1.41. The second-order valence-electron chi connectivity index (χ2n) is 4.62. The Morgan fingerprint density at radius 2 is 2.37 bits per heavy atom. The van der Waals surface area contributed by atoms with Crippen LogP contribution in [0.1, 0.15) is 22.5 Å². The number of thiophene rings is 1. The van der Waals surface area contributed by atoms with Crippen LogP contribution in [0.15, 0.2) is 11.4 Å². The molecule has 0 aromatic carbocycles. The molecule has 0 radical (unpaired) electrons. The number of ether oxygens (including phenoxy) is 2. The fourth-order valence-corrected chi connectivity index (χ4v) is 3.21. The third kappa shape index (κ3) is 3.08. The number of nitrogens with two attached hydrogens (primary N) is 1. The molecular weight excluding hydrogens is 264 g/mol. The third-order valence-corrected chi connectivity index (χ3v) is 4.45. The molecule has 1 aliphatic rings. The van der Waals surface area contributed by atoms with Crippen molar-refractivity contribution in [2.75, 3.05) is 27.3 Å². The molecule has 1 aliphatic heterocycles. The third-order valence-electron chi connectivity index (χ3n) is 3.56. The van der Waals surface area contributed by atoms with Crippen molar-refractivity contribution >= 4 is 17.2 Å². The lowest BCUT2D eigenvalue weighted by molar-refractivity contribution is 0.0141. The van der Waals surface area contributed by atoms with E-state index in [9.17, 15) is 4.79 Å². The van der Waals surface area contributed by atoms with Gasteiger partial charge in [-0.3, -0.25) is 4.79 Å². The largest absolute Gasteiger partial charge is 0.496 e. The Morgan fingerprint density at radius 3 is 2.95 bits per heavy atom. The summed E-state index contributed by atoms with van der Waals surface area (Å²) in [5, 5.41) is 1.84. The van der Waals surface area contributed by atoms with Gasteiger partial charge in [0.05, 0.1) is 18.1 Å². The molecule has 1 saturated heterocycles. The molecule has 19 heavy (non-hydrogen) atoms. The number of hydrogen-bond donors (Lipinski definition) is 1. The van der Waals surface area contributed by atoms with E-state index in [1.807, 2.05) is 10.3 Å². The molecular formula is C13H20N2O3S. The van der Waals surface area contributed by atoms with Gasteiger partial charge in [0.1, 0.15) is 5.75 Å². The average molecular weight is 284 g/mol. The van der Waals surface area contributed by atoms with Gasteiger partial charge in [-0.05, 0) is 12.8 Å². The van der Waals surface area contributed by atoms with Crippen LogP contribution in [0, 0.1) is 0 Å². The summed E-state index contributed by atoms with van der Waals surface area (Å²) in [6.07, 6.45) is 1.87. The summed E-state index contributed by atoms with van der Waals surface area (Å²) in [6.45, 7) is 1.16. The van der Waals surface area contributed by atoms with Crippen molar-refractivity contribution in [1.29, 1.82) is 0 Å². The Hall–Kier alpha value is -1.11. The number of hydrogen-bond acceptors (Lipinski definition) is 5. The number of methoxy groups -OCH3 is 2. The standard InChI is InChI=1S/C13H20N2O3S/c1-17-10-3-4-15(9(5-10)7-14)13(16)12-6-11(18-2)8-19-12/h6,8-10H,3-5,7,14H2,1-2H3. The van der Waals surface area contributed by atoms with Gasteiger partial charge in [-0.1, -0.05) is 0 Å². The molecule has 2 atom stereocenters. The average Bonchev–Trinajstić information content (AvgIpc) is 2.94. The van der Waals surface area contributed by atoms with Crippen LogP contribution in [0.25, 0.3) is 0 Å². The molecule has 1 aromatic heterocycles. The first kappa shape index (κ1) is 14.3. The number of carbonyl (C=O) groups is 1. The zero-order valence-electron chi connectivity index (χ0n) is 11.3. The minimum Gasteiger partial charge on any atom is -0.496 e. The van der Waals surface area contributed by atoms with Gasteiger partial charge in [0.25, 0.3) is 5.91 Å². The summed E-state index contributed by atoms with van der Waals surface area (Å²) in [5.41, 5.74) is 5.79. The summed E-state index contributed by atoms with van der Waals surface area (Å²) < 4.78 is 10.5. The molecule has 0 aliphatic carbocycles. The second-order valence-corrected chi connectivity index (χ2v) is 5.53. The highest BCUT2D eigenvalue weighted by atomic mass is 32.1. The topological polar surface area (TPSA) is 64.8 Å². The molecule has 0 bridgehead atoms. The number of carbonyl (C=O) groups excluding carboxylic acids is 1. The highest BCUT2D eigenvalue weighted by molar-refractivity contribution is 7.12. The van der Waals surface area contributed by atoms with Crippen molar-refractivity contribution in [3.63, 3.8) is 0 Å². The van der Waals surface area contributed by atoms with Gasteiger partial charge >= 0.3 is 0 Å². The summed E-state index contributed by atoms with van der Waals surface area (Å²) in [5.74, 6) is 0.766. The molecule has 2 rings (SSSR count). The van der Waals surface area contributed by atoms with Gasteiger partial charge in [-0.25, -0.2) is 0 Å². The van der Waals surface area contributed by atoms with Crippen molar-refractivity contribution in [3.05, 3.63) is 16.3 Å². The molecule has 106 valence electrons. The molecule has 0 spiro atoms. The first-order chi connectivity index (χ1) is 9.19. The lowest BCUT2D eigenvalue weighted by Crippen LogP contribution is -2.51. The molecule has 6 heteroatoms. The number of likely N-dealkylation sites (tertiary alicyclic amines) is 1. The molecule has 2 unspecified atom stereocenters. The van der Waals surface area contributed by atoms with Gasteiger partial charge in [0, 0.05) is 37.7 Å². The van der Waals surface area contributed by atoms with E-state index < -0.39 is 0 Å². The zero-order chi connectivity index (χ0) is 13.8. The van der Waals surface area contributed by atoms with E-state index in [0.29, 0.717) is 18.0 Å². The maximum absolute atomic E-state index is 12.5. The molecule has 1 amide bonds. The quantitative estimate of drug-likeness (QED) is 0.906. The maximum atomic E-state index is 12.5. The first-order valence-electron chi connectivity index (χ1n) is 6.36.